The maximum Gasteiger partial charge on any atom is 0.254 e. The highest BCUT2D eigenvalue weighted by molar-refractivity contribution is 5.94. The number of benzene rings is 1. The van der Waals surface area contributed by atoms with Crippen molar-refractivity contribution in [3.05, 3.63) is 59.5 Å². The molecule has 0 aliphatic heterocycles. The first-order chi connectivity index (χ1) is 9.76. The number of furan rings is 1. The topological polar surface area (TPSA) is 68.3 Å². The van der Waals surface area contributed by atoms with Gasteiger partial charge in [-0.15, -0.1) is 0 Å². The maximum atomic E-state index is 12.0. The van der Waals surface area contributed by atoms with Crippen LogP contribution in [-0.2, 0) is 6.54 Å². The minimum absolute atomic E-state index is 0.0787. The van der Waals surface area contributed by atoms with Crippen LogP contribution in [0.4, 0.5) is 0 Å². The molecule has 3 rings (SSSR count). The van der Waals surface area contributed by atoms with Crippen LogP contribution >= 0.6 is 0 Å². The third kappa shape index (κ3) is 2.60. The summed E-state index contributed by atoms with van der Waals surface area (Å²) in [4.78, 5) is 12.0. The van der Waals surface area contributed by atoms with Crippen molar-refractivity contribution in [2.75, 3.05) is 0 Å². The molecule has 0 atom stereocenters. The van der Waals surface area contributed by atoms with Gasteiger partial charge >= 0.3 is 0 Å². The third-order valence-electron chi connectivity index (χ3n) is 3.86. The molecule has 1 aromatic heterocycles. The van der Waals surface area contributed by atoms with Crippen LogP contribution in [0.1, 0.15) is 40.4 Å². The molecular formula is C16H18N2O2. The molecule has 0 spiro atoms. The molecule has 1 aliphatic rings. The molecule has 1 saturated carbocycles. The van der Waals surface area contributed by atoms with Crippen molar-refractivity contribution in [1.29, 1.82) is 0 Å². The summed E-state index contributed by atoms with van der Waals surface area (Å²) in [6, 6.07) is 12.4. The largest absolute Gasteiger partial charge is 0.467 e. The average molecular weight is 270 g/mol. The minimum atomic E-state index is -0.0787. The van der Waals surface area contributed by atoms with E-state index < -0.39 is 0 Å². The van der Waals surface area contributed by atoms with Gasteiger partial charge < -0.3 is 15.5 Å². The van der Waals surface area contributed by atoms with Crippen molar-refractivity contribution in [1.82, 2.24) is 5.32 Å². The first kappa shape index (κ1) is 12.9. The lowest BCUT2D eigenvalue weighted by molar-refractivity contribution is 0.0908. The van der Waals surface area contributed by atoms with E-state index in [-0.39, 0.29) is 11.9 Å². The van der Waals surface area contributed by atoms with Crippen molar-refractivity contribution in [2.24, 2.45) is 5.73 Å². The quantitative estimate of drug-likeness (QED) is 0.896. The van der Waals surface area contributed by atoms with Gasteiger partial charge in [0.1, 0.15) is 12.0 Å². The molecule has 1 amide bonds. The van der Waals surface area contributed by atoms with Gasteiger partial charge in [-0.05, 0) is 30.4 Å². The Labute approximate surface area is 118 Å². The number of nitrogens with two attached hydrogens (primary N) is 1. The summed E-state index contributed by atoms with van der Waals surface area (Å²) in [5.74, 6) is 1.11. The molecule has 1 aromatic carbocycles. The van der Waals surface area contributed by atoms with Crippen molar-refractivity contribution in [2.45, 2.75) is 31.3 Å². The van der Waals surface area contributed by atoms with Crippen LogP contribution in [0.3, 0.4) is 0 Å². The Kier molecular flexibility index (Phi) is 3.56. The number of nitrogens with one attached hydrogen (secondary N) is 1. The molecule has 2 aromatic rings. The van der Waals surface area contributed by atoms with Crippen LogP contribution < -0.4 is 11.1 Å². The highest BCUT2D eigenvalue weighted by Crippen LogP contribution is 2.36. The molecule has 1 fully saturated rings. The predicted molar refractivity (Wildman–Crippen MR) is 76.3 cm³/mol. The molecular weight excluding hydrogens is 252 g/mol. The molecule has 0 radical (unpaired) electrons. The van der Waals surface area contributed by atoms with Crippen molar-refractivity contribution < 1.29 is 9.21 Å². The third-order valence-corrected chi connectivity index (χ3v) is 3.86. The summed E-state index contributed by atoms with van der Waals surface area (Å²) in [7, 11) is 0. The molecule has 0 bridgehead atoms. The second-order valence-corrected chi connectivity index (χ2v) is 5.26. The van der Waals surface area contributed by atoms with Crippen LogP contribution in [0.5, 0.6) is 0 Å². The van der Waals surface area contributed by atoms with Crippen LogP contribution in [0.15, 0.2) is 47.1 Å². The Bertz CT molecular complexity index is 586. The van der Waals surface area contributed by atoms with Gasteiger partial charge in [0.2, 0.25) is 0 Å². The molecule has 0 unspecified atom stereocenters. The number of hydrogen-bond acceptors (Lipinski definition) is 3. The van der Waals surface area contributed by atoms with Gasteiger partial charge in [0.25, 0.3) is 5.91 Å². The first-order valence-corrected chi connectivity index (χ1v) is 6.89. The maximum absolute atomic E-state index is 12.0. The Balaban J connectivity index is 1.52. The van der Waals surface area contributed by atoms with E-state index in [1.54, 1.807) is 6.07 Å². The lowest BCUT2D eigenvalue weighted by Gasteiger charge is -2.36. The Morgan fingerprint density at radius 1 is 1.30 bits per heavy atom. The lowest BCUT2D eigenvalue weighted by atomic mass is 9.76. The zero-order valence-corrected chi connectivity index (χ0v) is 11.2. The monoisotopic (exact) mass is 270 g/mol. The van der Waals surface area contributed by atoms with Gasteiger partial charge in [-0.1, -0.05) is 30.3 Å². The first-order valence-electron chi connectivity index (χ1n) is 6.89. The fraction of sp³-hybridized carbons (Fsp3) is 0.312. The van der Waals surface area contributed by atoms with E-state index in [2.05, 4.69) is 29.6 Å². The van der Waals surface area contributed by atoms with E-state index in [1.807, 2.05) is 6.07 Å². The number of hydrogen-bond donors (Lipinski definition) is 2. The van der Waals surface area contributed by atoms with Crippen LogP contribution in [-0.4, -0.2) is 11.9 Å². The van der Waals surface area contributed by atoms with Crippen molar-refractivity contribution in [3.63, 3.8) is 0 Å². The smallest absolute Gasteiger partial charge is 0.254 e. The van der Waals surface area contributed by atoms with Gasteiger partial charge in [-0.2, -0.15) is 0 Å². The van der Waals surface area contributed by atoms with E-state index >= 15 is 0 Å². The van der Waals surface area contributed by atoms with Gasteiger partial charge in [0.15, 0.2) is 0 Å². The fourth-order valence-corrected chi connectivity index (χ4v) is 2.61. The van der Waals surface area contributed by atoms with Gasteiger partial charge in [-0.3, -0.25) is 4.79 Å². The number of amides is 1. The standard InChI is InChI=1S/C16H18N2O2/c17-9-15-8-13(10-20-15)16(19)18-14-6-12(7-14)11-4-2-1-3-5-11/h1-5,8,10,12,14H,6-7,9,17H2,(H,18,19). The lowest BCUT2D eigenvalue weighted by Crippen LogP contribution is -2.43. The molecule has 20 heavy (non-hydrogen) atoms. The second kappa shape index (κ2) is 5.51. The van der Waals surface area contributed by atoms with Crippen LogP contribution in [0, 0.1) is 0 Å². The van der Waals surface area contributed by atoms with E-state index in [1.165, 1.54) is 11.8 Å². The normalized spacial score (nSPS) is 21.2. The summed E-state index contributed by atoms with van der Waals surface area (Å²) < 4.78 is 5.17. The van der Waals surface area contributed by atoms with Crippen molar-refractivity contribution in [3.8, 4) is 0 Å². The zero-order valence-electron chi connectivity index (χ0n) is 11.2. The summed E-state index contributed by atoms with van der Waals surface area (Å²) in [5.41, 5.74) is 7.36. The number of carbonyl (C=O) groups is 1. The van der Waals surface area contributed by atoms with E-state index in [4.69, 9.17) is 10.2 Å². The number of rotatable bonds is 4. The fourth-order valence-electron chi connectivity index (χ4n) is 2.61. The van der Waals surface area contributed by atoms with E-state index in [9.17, 15) is 4.79 Å². The predicted octanol–water partition coefficient (Wildman–Crippen LogP) is 2.41. The Morgan fingerprint density at radius 3 is 2.70 bits per heavy atom. The molecule has 4 nitrogen and oxygen atoms in total. The van der Waals surface area contributed by atoms with Gasteiger partial charge in [0.05, 0.1) is 12.1 Å². The van der Waals surface area contributed by atoms with E-state index in [0.717, 1.165) is 12.8 Å². The summed E-state index contributed by atoms with van der Waals surface area (Å²) >= 11 is 0. The second-order valence-electron chi connectivity index (χ2n) is 5.26. The summed E-state index contributed by atoms with van der Waals surface area (Å²) in [6.07, 6.45) is 3.46. The molecule has 0 saturated heterocycles. The van der Waals surface area contributed by atoms with Crippen LogP contribution in [0.25, 0.3) is 0 Å². The number of carbonyl (C=O) groups excluding carboxylic acids is 1. The van der Waals surface area contributed by atoms with Gasteiger partial charge in [-0.25, -0.2) is 0 Å². The van der Waals surface area contributed by atoms with Crippen molar-refractivity contribution >= 4 is 5.91 Å². The van der Waals surface area contributed by atoms with Gasteiger partial charge in [0, 0.05) is 6.04 Å². The highest BCUT2D eigenvalue weighted by atomic mass is 16.3. The Hall–Kier alpha value is -2.07. The SMILES string of the molecule is NCc1cc(C(=O)NC2CC(c3ccccc3)C2)co1. The Morgan fingerprint density at radius 2 is 2.05 bits per heavy atom. The summed E-state index contributed by atoms with van der Waals surface area (Å²) in [5, 5.41) is 3.03. The average Bonchev–Trinajstić information content (AvgIpc) is 2.92. The van der Waals surface area contributed by atoms with E-state index in [0.29, 0.717) is 23.8 Å². The molecule has 3 N–H and O–H groups in total. The zero-order chi connectivity index (χ0) is 13.9. The molecule has 4 heteroatoms. The summed E-state index contributed by atoms with van der Waals surface area (Å²) in [6.45, 7) is 0.312. The molecule has 1 aliphatic carbocycles. The molecule has 1 heterocycles. The minimum Gasteiger partial charge on any atom is -0.467 e. The highest BCUT2D eigenvalue weighted by Gasteiger charge is 2.31. The molecule has 104 valence electrons. The van der Waals surface area contributed by atoms with Crippen LogP contribution in [0.2, 0.25) is 0 Å².